The van der Waals surface area contributed by atoms with Gasteiger partial charge in [0, 0.05) is 38.5 Å². The van der Waals surface area contributed by atoms with Crippen LogP contribution in [-0.2, 0) is 34.1 Å². The molecule has 0 radical (unpaired) electrons. The van der Waals surface area contributed by atoms with Crippen molar-refractivity contribution in [2.45, 2.75) is 89.1 Å². The first-order valence-corrected chi connectivity index (χ1v) is 17.6. The van der Waals surface area contributed by atoms with E-state index in [1.807, 2.05) is 35.1 Å². The first-order valence-electron chi connectivity index (χ1n) is 16.2. The third-order valence-electron chi connectivity index (χ3n) is 8.95. The summed E-state index contributed by atoms with van der Waals surface area (Å²) in [5.74, 6) is 3.36. The Balaban J connectivity index is 1.55. The molecule has 1 aromatic carbocycles. The fraction of sp³-hybridized carbons (Fsp3) is 0.588. The van der Waals surface area contributed by atoms with Crippen LogP contribution >= 0.6 is 0 Å². The number of hydrogen-bond donors (Lipinski definition) is 3. The maximum absolute atomic E-state index is 14.3. The van der Waals surface area contributed by atoms with E-state index in [4.69, 9.17) is 9.47 Å². The molecule has 1 unspecified atom stereocenters. The molecule has 3 fully saturated rings. The van der Waals surface area contributed by atoms with Crippen molar-refractivity contribution in [3.05, 3.63) is 48.6 Å². The number of ether oxygens (including phenoxy) is 2. The van der Waals surface area contributed by atoms with Crippen molar-refractivity contribution in [2.75, 3.05) is 27.2 Å². The lowest BCUT2D eigenvalue weighted by molar-refractivity contribution is -0.143. The molecule has 5 atom stereocenters. The van der Waals surface area contributed by atoms with Crippen molar-refractivity contribution in [2.24, 2.45) is 11.3 Å². The smallest absolute Gasteiger partial charge is 0.408 e. The van der Waals surface area contributed by atoms with Gasteiger partial charge in [-0.3, -0.25) is 14.4 Å². The standard InChI is InChI=1S/C34H47N5O8S/c1-7-24-21-34(24,31(42)37-48(44,45)38(5)6)36-29(40)27-20-26(46-19-13-16-23-14-9-8-10-15-23)22-39(27)30(41)28(33(2,3)4)35-32(43)47-25-17-11-12-18-25/h7-10,14-15,24-28H,1,11-12,17-22H2,2-6H3,(H,35,43)(H,36,40)(H,37,42)/t24?,26-,27+,28-,34-/m1/s1. The maximum atomic E-state index is 14.3. The van der Waals surface area contributed by atoms with Crippen LogP contribution in [0.1, 0.15) is 64.9 Å². The number of carbonyl (C=O) groups excluding carboxylic acids is 4. The Morgan fingerprint density at radius 3 is 2.38 bits per heavy atom. The van der Waals surface area contributed by atoms with E-state index in [0.29, 0.717) is 0 Å². The van der Waals surface area contributed by atoms with Crippen LogP contribution < -0.4 is 15.4 Å². The van der Waals surface area contributed by atoms with Crippen molar-refractivity contribution in [3.8, 4) is 11.8 Å². The number of carbonyl (C=O) groups is 4. The van der Waals surface area contributed by atoms with Crippen LogP contribution in [0.2, 0.25) is 0 Å². The molecule has 0 bridgehead atoms. The molecule has 13 nitrogen and oxygen atoms in total. The third-order valence-corrected chi connectivity index (χ3v) is 10.4. The van der Waals surface area contributed by atoms with E-state index in [0.717, 1.165) is 35.6 Å². The van der Waals surface area contributed by atoms with Crippen molar-refractivity contribution in [1.82, 2.24) is 24.6 Å². The molecule has 1 saturated heterocycles. The van der Waals surface area contributed by atoms with Gasteiger partial charge in [-0.1, -0.05) is 56.9 Å². The van der Waals surface area contributed by atoms with Crippen molar-refractivity contribution in [3.63, 3.8) is 0 Å². The molecule has 2 aliphatic carbocycles. The summed E-state index contributed by atoms with van der Waals surface area (Å²) < 4.78 is 39.4. The van der Waals surface area contributed by atoms with Crippen LogP contribution in [0.15, 0.2) is 43.0 Å². The fourth-order valence-electron chi connectivity index (χ4n) is 5.99. The van der Waals surface area contributed by atoms with Crippen molar-refractivity contribution < 1.29 is 37.1 Å². The van der Waals surface area contributed by atoms with Gasteiger partial charge in [-0.2, -0.15) is 12.7 Å². The van der Waals surface area contributed by atoms with Gasteiger partial charge < -0.3 is 25.0 Å². The van der Waals surface area contributed by atoms with Gasteiger partial charge in [-0.25, -0.2) is 9.52 Å². The predicted molar refractivity (Wildman–Crippen MR) is 178 cm³/mol. The first-order chi connectivity index (χ1) is 22.6. The molecule has 1 aliphatic heterocycles. The minimum absolute atomic E-state index is 0.0228. The number of likely N-dealkylation sites (tertiary alicyclic amines) is 1. The van der Waals surface area contributed by atoms with Crippen molar-refractivity contribution in [1.29, 1.82) is 0 Å². The lowest BCUT2D eigenvalue weighted by Crippen LogP contribution is -2.60. The number of amides is 4. The summed E-state index contributed by atoms with van der Waals surface area (Å²) >= 11 is 0. The zero-order valence-electron chi connectivity index (χ0n) is 28.3. The second-order valence-corrected chi connectivity index (χ2v) is 15.7. The Morgan fingerprint density at radius 1 is 1.12 bits per heavy atom. The van der Waals surface area contributed by atoms with Gasteiger partial charge in [0.25, 0.3) is 5.91 Å². The van der Waals surface area contributed by atoms with Gasteiger partial charge in [-0.15, -0.1) is 6.58 Å². The molecular formula is C34H47N5O8S. The van der Waals surface area contributed by atoms with Crippen LogP contribution in [0.3, 0.4) is 0 Å². The van der Waals surface area contributed by atoms with Gasteiger partial charge in [-0.05, 0) is 49.7 Å². The van der Waals surface area contributed by atoms with Gasteiger partial charge >= 0.3 is 16.3 Å². The van der Waals surface area contributed by atoms with E-state index in [1.54, 1.807) is 20.8 Å². The lowest BCUT2D eigenvalue weighted by atomic mass is 9.85. The SMILES string of the molecule is C=CC1C[C@]1(NC(=O)[C@@H]1C[C@@H](OCC#Cc2ccccc2)CN1C(=O)[C@@H](NC(=O)OC1CCCC1)C(C)(C)C)C(=O)NS(=O)(=O)N(C)C. The van der Waals surface area contributed by atoms with Gasteiger partial charge in [0.15, 0.2) is 0 Å². The molecular weight excluding hydrogens is 638 g/mol. The topological polar surface area (TPSA) is 163 Å². The molecule has 4 amide bonds. The quantitative estimate of drug-likeness (QED) is 0.236. The minimum Gasteiger partial charge on any atom is -0.446 e. The largest absolute Gasteiger partial charge is 0.446 e. The predicted octanol–water partition coefficient (Wildman–Crippen LogP) is 2.09. The number of nitrogens with one attached hydrogen (secondary N) is 3. The molecule has 4 rings (SSSR count). The Kier molecular flexibility index (Phi) is 11.6. The molecule has 48 heavy (non-hydrogen) atoms. The van der Waals surface area contributed by atoms with E-state index in [1.165, 1.54) is 25.1 Å². The number of benzene rings is 1. The van der Waals surface area contributed by atoms with Crippen LogP contribution in [0.25, 0.3) is 0 Å². The minimum atomic E-state index is -4.14. The molecule has 262 valence electrons. The Hall–Kier alpha value is -3.93. The lowest BCUT2D eigenvalue weighted by Gasteiger charge is -2.35. The van der Waals surface area contributed by atoms with E-state index >= 15 is 0 Å². The molecule has 3 aliphatic rings. The maximum Gasteiger partial charge on any atom is 0.408 e. The third kappa shape index (κ3) is 8.94. The van der Waals surface area contributed by atoms with Crippen LogP contribution in [0.5, 0.6) is 0 Å². The monoisotopic (exact) mass is 685 g/mol. The second kappa shape index (κ2) is 15.1. The molecule has 2 saturated carbocycles. The molecule has 3 N–H and O–H groups in total. The first kappa shape index (κ1) is 36.9. The summed E-state index contributed by atoms with van der Waals surface area (Å²) in [5, 5.41) is 5.48. The normalized spacial score (nSPS) is 24.6. The summed E-state index contributed by atoms with van der Waals surface area (Å²) in [6, 6.07) is 7.22. The van der Waals surface area contributed by atoms with E-state index in [9.17, 15) is 27.6 Å². The van der Waals surface area contributed by atoms with E-state index < -0.39 is 69.1 Å². The Labute approximate surface area is 283 Å². The summed E-state index contributed by atoms with van der Waals surface area (Å²) in [5.41, 5.74) is -1.52. The molecule has 0 spiro atoms. The molecule has 1 heterocycles. The highest BCUT2D eigenvalue weighted by atomic mass is 32.2. The van der Waals surface area contributed by atoms with Gasteiger partial charge in [0.05, 0.1) is 6.10 Å². The summed E-state index contributed by atoms with van der Waals surface area (Å²) in [7, 11) is -1.60. The second-order valence-electron chi connectivity index (χ2n) is 13.8. The highest BCUT2D eigenvalue weighted by Gasteiger charge is 2.61. The van der Waals surface area contributed by atoms with Gasteiger partial charge in [0.2, 0.25) is 11.8 Å². The Bertz CT molecular complexity index is 1540. The summed E-state index contributed by atoms with van der Waals surface area (Å²) in [6.07, 6.45) is 3.65. The van der Waals surface area contributed by atoms with Crippen LogP contribution in [-0.4, -0.2) is 98.5 Å². The molecule has 0 aromatic heterocycles. The van der Waals surface area contributed by atoms with E-state index in [2.05, 4.69) is 29.1 Å². The van der Waals surface area contributed by atoms with Crippen LogP contribution in [0.4, 0.5) is 4.79 Å². The summed E-state index contributed by atoms with van der Waals surface area (Å²) in [4.78, 5) is 55.8. The number of alkyl carbamates (subject to hydrolysis) is 1. The average molecular weight is 686 g/mol. The summed E-state index contributed by atoms with van der Waals surface area (Å²) in [6.45, 7) is 9.19. The highest BCUT2D eigenvalue weighted by molar-refractivity contribution is 7.87. The zero-order chi connectivity index (χ0) is 35.3. The zero-order valence-corrected chi connectivity index (χ0v) is 29.1. The van der Waals surface area contributed by atoms with E-state index in [-0.39, 0.29) is 32.1 Å². The fourth-order valence-corrected chi connectivity index (χ4v) is 6.59. The number of rotatable bonds is 11. The average Bonchev–Trinajstić information content (AvgIpc) is 3.30. The number of hydrogen-bond acceptors (Lipinski definition) is 8. The highest BCUT2D eigenvalue weighted by Crippen LogP contribution is 2.45. The van der Waals surface area contributed by atoms with Crippen molar-refractivity contribution >= 4 is 34.0 Å². The Morgan fingerprint density at radius 2 is 1.79 bits per heavy atom. The molecule has 1 aromatic rings. The van der Waals surface area contributed by atoms with Gasteiger partial charge in [0.1, 0.15) is 30.3 Å². The molecule has 14 heteroatoms. The number of nitrogens with zero attached hydrogens (tertiary/aromatic N) is 2. The van der Waals surface area contributed by atoms with Crippen LogP contribution in [0, 0.1) is 23.2 Å².